The van der Waals surface area contributed by atoms with Gasteiger partial charge in [0.2, 0.25) is 23.5 Å². The van der Waals surface area contributed by atoms with E-state index in [9.17, 15) is 33.8 Å². The zero-order valence-corrected chi connectivity index (χ0v) is 33.5. The molecular formula is C39H37BrF2N10O8. The summed E-state index contributed by atoms with van der Waals surface area (Å²) < 4.78 is 43.6. The highest BCUT2D eigenvalue weighted by molar-refractivity contribution is 9.10. The fourth-order valence-electron chi connectivity index (χ4n) is 5.95. The molecule has 2 aliphatic heterocycles. The van der Waals surface area contributed by atoms with E-state index in [0.717, 1.165) is 45.4 Å². The van der Waals surface area contributed by atoms with Gasteiger partial charge in [0.1, 0.15) is 11.6 Å². The molecule has 0 bridgehead atoms. The normalized spacial score (nSPS) is 13.9. The van der Waals surface area contributed by atoms with Crippen molar-refractivity contribution < 1.29 is 37.6 Å². The number of benzene rings is 3. The fourth-order valence-corrected chi connectivity index (χ4v) is 6.39. The quantitative estimate of drug-likeness (QED) is 0.0548. The third-order valence-electron chi connectivity index (χ3n) is 8.81. The number of nitrogens with zero attached hydrogens (tertiary/aromatic N) is 8. The third-order valence-corrected chi connectivity index (χ3v) is 9.37. The maximum atomic E-state index is 13.7. The van der Waals surface area contributed by atoms with Gasteiger partial charge in [-0.3, -0.25) is 20.2 Å². The zero-order valence-electron chi connectivity index (χ0n) is 31.9. The Hall–Kier alpha value is -6.71. The van der Waals surface area contributed by atoms with Crippen molar-refractivity contribution in [2.75, 3.05) is 79.6 Å². The number of aromatic nitrogens is 4. The lowest BCUT2D eigenvalue weighted by Crippen LogP contribution is -2.37. The number of hydrogen-bond donors (Lipinski definition) is 2. The maximum absolute atomic E-state index is 13.7. The molecule has 312 valence electrons. The molecular weight excluding hydrogens is 854 g/mol. The highest BCUT2D eigenvalue weighted by Crippen LogP contribution is 2.33. The van der Waals surface area contributed by atoms with Crippen LogP contribution < -0.4 is 20.4 Å². The number of nitrogens with one attached hydrogen (secondary N) is 2. The van der Waals surface area contributed by atoms with Gasteiger partial charge >= 0.3 is 17.3 Å². The highest BCUT2D eigenvalue weighted by Gasteiger charge is 2.21. The summed E-state index contributed by atoms with van der Waals surface area (Å²) in [6, 6.07) is 14.6. The first kappa shape index (κ1) is 42.9. The van der Waals surface area contributed by atoms with Crippen molar-refractivity contribution >= 4 is 74.3 Å². The van der Waals surface area contributed by atoms with Crippen molar-refractivity contribution in [3.8, 4) is 11.1 Å². The maximum Gasteiger partial charge on any atom is 0.330 e. The summed E-state index contributed by atoms with van der Waals surface area (Å²) in [4.78, 5) is 53.8. The van der Waals surface area contributed by atoms with E-state index in [0.29, 0.717) is 76.5 Å². The van der Waals surface area contributed by atoms with Crippen LogP contribution in [0.2, 0.25) is 0 Å². The molecule has 21 heteroatoms. The Kier molecular flexibility index (Phi) is 14.5. The van der Waals surface area contributed by atoms with Crippen LogP contribution in [-0.2, 0) is 19.0 Å². The summed E-state index contributed by atoms with van der Waals surface area (Å²) >= 11 is 3.42. The zero-order chi connectivity index (χ0) is 42.6. The minimum absolute atomic E-state index is 0.208. The minimum Gasteiger partial charge on any atom is -0.463 e. The van der Waals surface area contributed by atoms with Gasteiger partial charge in [0.15, 0.2) is 0 Å². The lowest BCUT2D eigenvalue weighted by molar-refractivity contribution is -0.387. The summed E-state index contributed by atoms with van der Waals surface area (Å²) in [6.07, 6.45) is 6.30. The van der Waals surface area contributed by atoms with Gasteiger partial charge in [0.05, 0.1) is 47.4 Å². The number of nitro groups is 2. The highest BCUT2D eigenvalue weighted by atomic mass is 79.9. The van der Waals surface area contributed by atoms with Gasteiger partial charge in [-0.25, -0.2) is 14.8 Å². The number of carbonyl (C=O) groups excluding carboxylic acids is 1. The lowest BCUT2D eigenvalue weighted by Gasteiger charge is -2.29. The topological polar surface area (TPSA) is 213 Å². The molecule has 0 radical (unpaired) electrons. The standard InChI is InChI=1S/C25H24FN5O5.C14H13BrFN5O3/c1-2-36-23(32)9-6-17-4-3-5-18(14-17)20-16-27-25(29-24(20)30-10-12-35-13-11-30)28-19-7-8-21(26)22(15-19)31(33)34;15-10-8-17-14(19-13(10)20-3-5-24-6-4-20)18-9-1-2-11(16)12(7-9)21(22)23/h3-9,14-16H,2,10-13H2,1H3,(H,27,28,29);1-2,7-8H,3-6H2,(H,17,18,19)/b9-6+;. The van der Waals surface area contributed by atoms with Crippen LogP contribution in [0.1, 0.15) is 12.5 Å². The second-order valence-electron chi connectivity index (χ2n) is 12.8. The Balaban J connectivity index is 0.000000218. The summed E-state index contributed by atoms with van der Waals surface area (Å²) in [5.74, 6) is -0.410. The van der Waals surface area contributed by atoms with E-state index in [1.165, 1.54) is 18.2 Å². The van der Waals surface area contributed by atoms with Crippen LogP contribution in [0.4, 0.5) is 55.1 Å². The predicted octanol–water partition coefficient (Wildman–Crippen LogP) is 7.21. The first-order valence-corrected chi connectivity index (χ1v) is 19.2. The van der Waals surface area contributed by atoms with Crippen molar-refractivity contribution in [2.45, 2.75) is 6.92 Å². The first-order chi connectivity index (χ1) is 29.0. The molecule has 0 spiro atoms. The van der Waals surface area contributed by atoms with Crippen LogP contribution in [0, 0.1) is 31.9 Å². The van der Waals surface area contributed by atoms with E-state index >= 15 is 0 Å². The predicted molar refractivity (Wildman–Crippen MR) is 222 cm³/mol. The molecule has 7 rings (SSSR count). The number of hydrogen-bond acceptors (Lipinski definition) is 16. The largest absolute Gasteiger partial charge is 0.463 e. The van der Waals surface area contributed by atoms with E-state index in [1.807, 2.05) is 29.2 Å². The first-order valence-electron chi connectivity index (χ1n) is 18.4. The summed E-state index contributed by atoms with van der Waals surface area (Å²) in [5.41, 5.74) is 1.77. The second-order valence-corrected chi connectivity index (χ2v) is 13.7. The molecule has 0 unspecified atom stereocenters. The number of ether oxygens (including phenoxy) is 3. The van der Waals surface area contributed by atoms with Gasteiger partial charge in [-0.15, -0.1) is 0 Å². The van der Waals surface area contributed by atoms with Crippen molar-refractivity contribution in [1.29, 1.82) is 0 Å². The number of rotatable bonds is 12. The van der Waals surface area contributed by atoms with Crippen LogP contribution >= 0.6 is 15.9 Å². The van der Waals surface area contributed by atoms with Gasteiger partial charge in [-0.05, 0) is 70.4 Å². The van der Waals surface area contributed by atoms with E-state index in [4.69, 9.17) is 14.2 Å². The van der Waals surface area contributed by atoms with E-state index < -0.39 is 38.8 Å². The van der Waals surface area contributed by atoms with Gasteiger partial charge in [0.25, 0.3) is 0 Å². The molecule has 0 atom stereocenters. The monoisotopic (exact) mass is 890 g/mol. The molecule has 3 aromatic carbocycles. The van der Waals surface area contributed by atoms with Crippen LogP contribution in [0.3, 0.4) is 0 Å². The molecule has 5 aromatic rings. The average molecular weight is 892 g/mol. The molecule has 2 fully saturated rings. The Bertz CT molecular complexity index is 2380. The lowest BCUT2D eigenvalue weighted by atomic mass is 10.0. The summed E-state index contributed by atoms with van der Waals surface area (Å²) in [6.45, 7) is 7.00. The Morgan fingerprint density at radius 1 is 0.817 bits per heavy atom. The summed E-state index contributed by atoms with van der Waals surface area (Å²) in [5, 5.41) is 27.7. The van der Waals surface area contributed by atoms with Crippen LogP contribution in [-0.4, -0.2) is 95.0 Å². The molecule has 18 nitrogen and oxygen atoms in total. The Labute approximate surface area is 349 Å². The number of halogens is 3. The van der Waals surface area contributed by atoms with E-state index in [2.05, 4.69) is 51.4 Å². The fraction of sp³-hybridized carbons (Fsp3) is 0.256. The molecule has 60 heavy (non-hydrogen) atoms. The number of anilines is 6. The van der Waals surface area contributed by atoms with Crippen molar-refractivity contribution in [2.24, 2.45) is 0 Å². The van der Waals surface area contributed by atoms with E-state index in [-0.39, 0.29) is 17.6 Å². The number of esters is 1. The van der Waals surface area contributed by atoms with Crippen LogP contribution in [0.25, 0.3) is 17.2 Å². The Morgan fingerprint density at radius 2 is 1.35 bits per heavy atom. The average Bonchev–Trinajstić information content (AvgIpc) is 3.26. The smallest absolute Gasteiger partial charge is 0.330 e. The molecule has 4 heterocycles. The van der Waals surface area contributed by atoms with Gasteiger partial charge in [-0.1, -0.05) is 18.2 Å². The summed E-state index contributed by atoms with van der Waals surface area (Å²) in [7, 11) is 0. The Morgan fingerprint density at radius 3 is 1.90 bits per heavy atom. The molecule has 0 saturated carbocycles. The number of nitro benzene ring substituents is 2. The third kappa shape index (κ3) is 11.3. The molecule has 0 amide bonds. The van der Waals surface area contributed by atoms with Crippen LogP contribution in [0.15, 0.2) is 83.6 Å². The minimum atomic E-state index is -0.923. The van der Waals surface area contributed by atoms with Gasteiger partial charge in [-0.2, -0.15) is 18.7 Å². The molecule has 2 aromatic heterocycles. The number of morpholine rings is 2. The van der Waals surface area contributed by atoms with Gasteiger partial charge < -0.3 is 34.6 Å². The molecule has 2 aliphatic rings. The van der Waals surface area contributed by atoms with Crippen molar-refractivity contribution in [3.05, 3.63) is 121 Å². The van der Waals surface area contributed by atoms with Gasteiger partial charge in [0, 0.05) is 73.7 Å². The molecule has 2 saturated heterocycles. The van der Waals surface area contributed by atoms with Crippen molar-refractivity contribution in [1.82, 2.24) is 19.9 Å². The SMILES string of the molecule is CCOC(=O)/C=C/c1cccc(-c2cnc(Nc3ccc(F)c([N+](=O)[O-])c3)nc2N2CCOCC2)c1.O=[N+]([O-])c1cc(Nc2ncc(Br)c(N3CCOCC3)n2)ccc1F. The van der Waals surface area contributed by atoms with E-state index in [1.54, 1.807) is 25.4 Å². The number of carbonyl (C=O) groups is 1. The second kappa shape index (κ2) is 20.3. The molecule has 0 aliphatic carbocycles. The molecule has 2 N–H and O–H groups in total. The van der Waals surface area contributed by atoms with Crippen LogP contribution in [0.5, 0.6) is 0 Å². The van der Waals surface area contributed by atoms with Crippen molar-refractivity contribution in [3.63, 3.8) is 0 Å².